The van der Waals surface area contributed by atoms with Gasteiger partial charge in [0, 0.05) is 31.6 Å². The average Bonchev–Trinajstić information content (AvgIpc) is 3.04. The van der Waals surface area contributed by atoms with E-state index in [0.717, 1.165) is 63.9 Å². The van der Waals surface area contributed by atoms with E-state index in [-0.39, 0.29) is 0 Å². The summed E-state index contributed by atoms with van der Waals surface area (Å²) in [6.07, 6.45) is 4.43. The van der Waals surface area contributed by atoms with E-state index in [4.69, 9.17) is 14.4 Å². The maximum atomic E-state index is 5.65. The minimum absolute atomic E-state index is 0.399. The smallest absolute Gasteiger partial charge is 0.225 e. The summed E-state index contributed by atoms with van der Waals surface area (Å²) in [4.78, 5) is 11.5. The fourth-order valence-electron chi connectivity index (χ4n) is 3.81. The van der Waals surface area contributed by atoms with E-state index in [1.54, 1.807) is 0 Å². The zero-order valence-electron chi connectivity index (χ0n) is 16.6. The van der Waals surface area contributed by atoms with Crippen LogP contribution >= 0.6 is 31.9 Å². The lowest BCUT2D eigenvalue weighted by molar-refractivity contribution is 0.338. The van der Waals surface area contributed by atoms with Gasteiger partial charge in [-0.2, -0.15) is 4.98 Å². The Hall–Kier alpha value is -1.64. The molecule has 1 fully saturated rings. The number of rotatable bonds is 6. The van der Waals surface area contributed by atoms with Gasteiger partial charge in [0.15, 0.2) is 4.67 Å². The predicted octanol–water partition coefficient (Wildman–Crippen LogP) is 5.33. The van der Waals surface area contributed by atoms with Crippen LogP contribution in [0.2, 0.25) is 0 Å². The summed E-state index contributed by atoms with van der Waals surface area (Å²) in [5.74, 6) is 2.60. The largest absolute Gasteiger partial charge is 0.452 e. The molecule has 1 aliphatic carbocycles. The summed E-state index contributed by atoms with van der Waals surface area (Å²) in [6, 6.07) is 11.1. The number of para-hydroxylation sites is 1. The Morgan fingerprint density at radius 1 is 1.07 bits per heavy atom. The number of aromatic nitrogens is 2. The first-order chi connectivity index (χ1) is 14.0. The number of halogens is 2. The first-order valence-corrected chi connectivity index (χ1v) is 11.5. The van der Waals surface area contributed by atoms with Crippen LogP contribution in [0.1, 0.15) is 31.4 Å². The van der Waals surface area contributed by atoms with Crippen molar-refractivity contribution in [1.29, 1.82) is 0 Å². The van der Waals surface area contributed by atoms with E-state index in [1.807, 2.05) is 43.3 Å². The van der Waals surface area contributed by atoms with Crippen LogP contribution in [0.5, 0.6) is 0 Å². The van der Waals surface area contributed by atoms with Crippen LogP contribution in [-0.4, -0.2) is 36.1 Å². The fraction of sp³-hybridized carbons (Fsp3) is 0.429. The molecule has 2 N–H and O–H groups in total. The number of hydrogen-bond acceptors (Lipinski definition) is 6. The van der Waals surface area contributed by atoms with Crippen LogP contribution in [0.3, 0.4) is 0 Å². The zero-order chi connectivity index (χ0) is 20.4. The van der Waals surface area contributed by atoms with Crippen molar-refractivity contribution < 1.29 is 4.42 Å². The molecule has 3 aromatic rings. The Bertz CT molecular complexity index is 963. The number of fused-ring (bicyclic) bond motifs is 1. The van der Waals surface area contributed by atoms with E-state index in [0.29, 0.717) is 18.0 Å². The van der Waals surface area contributed by atoms with Crippen LogP contribution < -0.4 is 15.5 Å². The van der Waals surface area contributed by atoms with Gasteiger partial charge in [0.2, 0.25) is 5.95 Å². The Labute approximate surface area is 187 Å². The molecule has 0 aliphatic heterocycles. The molecule has 0 atom stereocenters. The third-order valence-corrected chi connectivity index (χ3v) is 7.04. The maximum absolute atomic E-state index is 5.65. The summed E-state index contributed by atoms with van der Waals surface area (Å²) in [7, 11) is 4.04. The fourth-order valence-corrected chi connectivity index (χ4v) is 4.47. The molecular weight excluding hydrogens is 498 g/mol. The summed E-state index contributed by atoms with van der Waals surface area (Å²) >= 11 is 6.84. The molecule has 0 saturated heterocycles. The lowest BCUT2D eigenvalue weighted by Gasteiger charge is -2.30. The monoisotopic (exact) mass is 521 g/mol. The molecular formula is C21H25Br2N5O. The molecule has 8 heteroatoms. The first kappa shape index (κ1) is 20.6. The van der Waals surface area contributed by atoms with Crippen molar-refractivity contribution in [2.24, 2.45) is 0 Å². The molecule has 2 aromatic heterocycles. The Morgan fingerprint density at radius 2 is 1.79 bits per heavy atom. The zero-order valence-corrected chi connectivity index (χ0v) is 19.8. The number of nitrogens with zero attached hydrogens (tertiary/aromatic N) is 3. The molecule has 1 aliphatic rings. The highest BCUT2D eigenvalue weighted by Crippen LogP contribution is 2.28. The van der Waals surface area contributed by atoms with Gasteiger partial charge in [0.25, 0.3) is 0 Å². The molecule has 1 saturated carbocycles. The molecule has 2 heterocycles. The first-order valence-electron chi connectivity index (χ1n) is 9.87. The highest BCUT2D eigenvalue weighted by molar-refractivity contribution is 9.13. The van der Waals surface area contributed by atoms with Crippen LogP contribution in [0.25, 0.3) is 10.9 Å². The van der Waals surface area contributed by atoms with Gasteiger partial charge in [-0.3, -0.25) is 0 Å². The average molecular weight is 523 g/mol. The third-order valence-electron chi connectivity index (χ3n) is 5.33. The predicted molar refractivity (Wildman–Crippen MR) is 124 cm³/mol. The molecule has 4 rings (SSSR count). The van der Waals surface area contributed by atoms with E-state index in [1.165, 1.54) is 0 Å². The molecule has 154 valence electrons. The van der Waals surface area contributed by atoms with E-state index in [2.05, 4.69) is 48.6 Å². The second kappa shape index (κ2) is 9.02. The quantitative estimate of drug-likeness (QED) is 0.456. The van der Waals surface area contributed by atoms with Gasteiger partial charge in [-0.1, -0.05) is 12.1 Å². The van der Waals surface area contributed by atoms with Crippen molar-refractivity contribution in [3.8, 4) is 0 Å². The summed E-state index contributed by atoms with van der Waals surface area (Å²) in [6.45, 7) is 0.743. The molecule has 0 radical (unpaired) electrons. The van der Waals surface area contributed by atoms with Crippen molar-refractivity contribution in [3.63, 3.8) is 0 Å². The van der Waals surface area contributed by atoms with Crippen molar-refractivity contribution in [3.05, 3.63) is 45.2 Å². The Balaban J connectivity index is 1.34. The van der Waals surface area contributed by atoms with Crippen LogP contribution in [-0.2, 0) is 6.54 Å². The van der Waals surface area contributed by atoms with Crippen molar-refractivity contribution in [2.45, 2.75) is 44.3 Å². The van der Waals surface area contributed by atoms with Crippen molar-refractivity contribution in [2.75, 3.05) is 24.3 Å². The molecule has 29 heavy (non-hydrogen) atoms. The second-order valence-electron chi connectivity index (χ2n) is 7.69. The molecule has 0 amide bonds. The molecule has 0 unspecified atom stereocenters. The minimum atomic E-state index is 0.399. The maximum Gasteiger partial charge on any atom is 0.225 e. The molecule has 1 aromatic carbocycles. The number of nitrogens with one attached hydrogen (secondary N) is 2. The third kappa shape index (κ3) is 4.92. The van der Waals surface area contributed by atoms with E-state index in [9.17, 15) is 0 Å². The van der Waals surface area contributed by atoms with Crippen LogP contribution in [0.4, 0.5) is 11.8 Å². The molecule has 0 spiro atoms. The van der Waals surface area contributed by atoms with Gasteiger partial charge in [-0.25, -0.2) is 4.98 Å². The van der Waals surface area contributed by atoms with Crippen LogP contribution in [0.15, 0.2) is 43.9 Å². The highest BCUT2D eigenvalue weighted by atomic mass is 79.9. The standard InChI is InChI=1S/C21H25Br2N5O/c1-28(2)20-16-5-3-4-6-18(16)26-21(27-20)25-14-9-7-13(8-10-14)24-12-15-11-17(22)19(23)29-15/h3-6,11,13-14,24H,7-10,12H2,1-2H3,(H,25,26,27). The van der Waals surface area contributed by atoms with Gasteiger partial charge in [0.05, 0.1) is 16.5 Å². The summed E-state index contributed by atoms with van der Waals surface area (Å²) in [5, 5.41) is 8.25. The van der Waals surface area contributed by atoms with Gasteiger partial charge in [-0.05, 0) is 75.7 Å². The Morgan fingerprint density at radius 3 is 2.48 bits per heavy atom. The normalized spacial score (nSPS) is 19.4. The topological polar surface area (TPSA) is 66.2 Å². The number of benzene rings is 1. The van der Waals surface area contributed by atoms with Gasteiger partial charge in [-0.15, -0.1) is 0 Å². The summed E-state index contributed by atoms with van der Waals surface area (Å²) in [5.41, 5.74) is 0.972. The van der Waals surface area contributed by atoms with E-state index < -0.39 is 0 Å². The van der Waals surface area contributed by atoms with E-state index >= 15 is 0 Å². The van der Waals surface area contributed by atoms with Gasteiger partial charge >= 0.3 is 0 Å². The number of anilines is 2. The van der Waals surface area contributed by atoms with Gasteiger partial charge in [0.1, 0.15) is 11.6 Å². The SMILES string of the molecule is CN(C)c1nc(NC2CCC(NCc3cc(Br)c(Br)o3)CC2)nc2ccccc12. The minimum Gasteiger partial charge on any atom is -0.452 e. The summed E-state index contributed by atoms with van der Waals surface area (Å²) < 4.78 is 7.34. The molecule has 0 bridgehead atoms. The molecule has 6 nitrogen and oxygen atoms in total. The van der Waals surface area contributed by atoms with Gasteiger partial charge < -0.3 is 20.0 Å². The van der Waals surface area contributed by atoms with Crippen molar-refractivity contribution in [1.82, 2.24) is 15.3 Å². The van der Waals surface area contributed by atoms with Crippen molar-refractivity contribution >= 4 is 54.5 Å². The number of hydrogen-bond donors (Lipinski definition) is 2. The lowest BCUT2D eigenvalue weighted by atomic mass is 9.91. The van der Waals surface area contributed by atoms with Crippen LogP contribution in [0, 0.1) is 0 Å². The Kier molecular flexibility index (Phi) is 6.41. The second-order valence-corrected chi connectivity index (χ2v) is 9.27. The number of furan rings is 1. The lowest BCUT2D eigenvalue weighted by Crippen LogP contribution is -2.36. The highest BCUT2D eigenvalue weighted by Gasteiger charge is 2.22.